The standard InChI is InChI=1S/C26H23F4N7/c1-15(31)11-36-14-18(10-33-36)22-8-9-32-25-23(22)24(19-12-35(13-19)17(3)16(2)27)34-37(25)21-6-4-20(5-7-21)26(28,29)30/h4-10,14,19H,1-3,11-13,31H2. The van der Waals surface area contributed by atoms with Gasteiger partial charge in [0.2, 0.25) is 0 Å². The fraction of sp³-hybridized carbons (Fsp3) is 0.192. The molecule has 0 bridgehead atoms. The molecular formula is C26H23F4N7. The second-order valence-corrected chi connectivity index (χ2v) is 8.94. The quantitative estimate of drug-likeness (QED) is 0.275. The summed E-state index contributed by atoms with van der Waals surface area (Å²) in [4.78, 5) is 6.29. The number of benzene rings is 1. The highest BCUT2D eigenvalue weighted by molar-refractivity contribution is 5.95. The number of nitrogens with zero attached hydrogens (tertiary/aromatic N) is 6. The van der Waals surface area contributed by atoms with Gasteiger partial charge in [0.15, 0.2) is 5.65 Å². The van der Waals surface area contributed by atoms with Crippen LogP contribution in [0.4, 0.5) is 17.6 Å². The molecule has 1 saturated heterocycles. The molecule has 0 radical (unpaired) electrons. The lowest BCUT2D eigenvalue weighted by atomic mass is 9.91. The van der Waals surface area contributed by atoms with E-state index in [0.717, 1.165) is 28.6 Å². The van der Waals surface area contributed by atoms with Gasteiger partial charge in [-0.05, 0) is 35.9 Å². The van der Waals surface area contributed by atoms with E-state index in [-0.39, 0.29) is 11.6 Å². The molecule has 0 spiro atoms. The summed E-state index contributed by atoms with van der Waals surface area (Å²) >= 11 is 0. The Morgan fingerprint density at radius 3 is 2.41 bits per heavy atom. The van der Waals surface area contributed by atoms with Gasteiger partial charge >= 0.3 is 6.18 Å². The molecule has 11 heteroatoms. The van der Waals surface area contributed by atoms with Crippen molar-refractivity contribution in [2.45, 2.75) is 18.6 Å². The molecule has 3 aromatic heterocycles. The lowest BCUT2D eigenvalue weighted by Gasteiger charge is -2.41. The predicted molar refractivity (Wildman–Crippen MR) is 132 cm³/mol. The van der Waals surface area contributed by atoms with Crippen molar-refractivity contribution in [1.29, 1.82) is 0 Å². The summed E-state index contributed by atoms with van der Waals surface area (Å²) < 4.78 is 56.1. The van der Waals surface area contributed by atoms with Gasteiger partial charge in [0.25, 0.3) is 0 Å². The fourth-order valence-electron chi connectivity index (χ4n) is 4.41. The first-order valence-corrected chi connectivity index (χ1v) is 11.3. The van der Waals surface area contributed by atoms with Gasteiger partial charge in [-0.25, -0.2) is 14.1 Å². The summed E-state index contributed by atoms with van der Waals surface area (Å²) in [5.74, 6) is -0.689. The Hall–Kier alpha value is -4.41. The number of nitrogens with two attached hydrogens (primary N) is 1. The lowest BCUT2D eigenvalue weighted by molar-refractivity contribution is -0.137. The monoisotopic (exact) mass is 509 g/mol. The fourth-order valence-corrected chi connectivity index (χ4v) is 4.41. The summed E-state index contributed by atoms with van der Waals surface area (Å²) in [6.07, 6.45) is 0.687. The zero-order valence-electron chi connectivity index (χ0n) is 19.7. The maximum Gasteiger partial charge on any atom is 0.416 e. The second-order valence-electron chi connectivity index (χ2n) is 8.94. The number of hydrogen-bond acceptors (Lipinski definition) is 5. The normalized spacial score (nSPS) is 14.1. The number of rotatable bonds is 7. The van der Waals surface area contributed by atoms with Crippen LogP contribution in [0.15, 0.2) is 85.9 Å². The van der Waals surface area contributed by atoms with E-state index < -0.39 is 17.6 Å². The molecular weight excluding hydrogens is 486 g/mol. The van der Waals surface area contributed by atoms with Gasteiger partial charge in [0.1, 0.15) is 5.83 Å². The number of likely N-dealkylation sites (tertiary alicyclic amines) is 1. The van der Waals surface area contributed by atoms with Crippen molar-refractivity contribution in [3.05, 3.63) is 97.1 Å². The van der Waals surface area contributed by atoms with E-state index in [0.29, 0.717) is 42.4 Å². The molecule has 1 aromatic carbocycles. The van der Waals surface area contributed by atoms with Crippen molar-refractivity contribution in [2.75, 3.05) is 13.1 Å². The van der Waals surface area contributed by atoms with Crippen molar-refractivity contribution in [3.63, 3.8) is 0 Å². The van der Waals surface area contributed by atoms with E-state index in [1.807, 2.05) is 12.3 Å². The van der Waals surface area contributed by atoms with Crippen LogP contribution in [-0.4, -0.2) is 42.5 Å². The highest BCUT2D eigenvalue weighted by atomic mass is 19.4. The Bertz CT molecular complexity index is 1520. The van der Waals surface area contributed by atoms with Crippen LogP contribution in [0, 0.1) is 0 Å². The first-order valence-electron chi connectivity index (χ1n) is 11.3. The summed E-state index contributed by atoms with van der Waals surface area (Å²) in [7, 11) is 0. The SMILES string of the molecule is C=C(N)Cn1cc(-c2ccnc3c2c(C2CN(C(=C)C(=C)F)C2)nn3-c2ccc(C(F)(F)F)cc2)cn1. The van der Waals surface area contributed by atoms with E-state index in [2.05, 4.69) is 29.8 Å². The maximum atomic E-state index is 13.6. The molecule has 0 amide bonds. The van der Waals surface area contributed by atoms with Gasteiger partial charge in [-0.2, -0.15) is 23.4 Å². The van der Waals surface area contributed by atoms with Gasteiger partial charge in [0, 0.05) is 42.7 Å². The minimum Gasteiger partial charge on any atom is -0.401 e. The minimum absolute atomic E-state index is 0.0869. The largest absolute Gasteiger partial charge is 0.416 e. The van der Waals surface area contributed by atoms with Crippen LogP contribution >= 0.6 is 0 Å². The predicted octanol–water partition coefficient (Wildman–Crippen LogP) is 5.17. The van der Waals surface area contributed by atoms with Crippen molar-refractivity contribution >= 4 is 11.0 Å². The molecule has 190 valence electrons. The number of pyridine rings is 1. The number of halogens is 4. The van der Waals surface area contributed by atoms with E-state index in [1.165, 1.54) is 16.8 Å². The van der Waals surface area contributed by atoms with Gasteiger partial charge in [0.05, 0.1) is 40.8 Å². The highest BCUT2D eigenvalue weighted by Crippen LogP contribution is 2.39. The van der Waals surface area contributed by atoms with Gasteiger partial charge < -0.3 is 10.6 Å². The number of fused-ring (bicyclic) bond motifs is 1. The third-order valence-corrected chi connectivity index (χ3v) is 6.31. The van der Waals surface area contributed by atoms with Crippen LogP contribution in [-0.2, 0) is 12.7 Å². The first-order chi connectivity index (χ1) is 17.5. The highest BCUT2D eigenvalue weighted by Gasteiger charge is 2.35. The molecule has 4 aromatic rings. The molecule has 1 aliphatic rings. The number of allylic oxidation sites excluding steroid dienone is 2. The van der Waals surface area contributed by atoms with E-state index in [1.54, 1.807) is 22.0 Å². The Kier molecular flexibility index (Phi) is 5.85. The third-order valence-electron chi connectivity index (χ3n) is 6.31. The lowest BCUT2D eigenvalue weighted by Crippen LogP contribution is -2.44. The van der Waals surface area contributed by atoms with Crippen LogP contribution in [0.5, 0.6) is 0 Å². The summed E-state index contributed by atoms with van der Waals surface area (Å²) in [6, 6.07) is 6.58. The smallest absolute Gasteiger partial charge is 0.401 e. The maximum absolute atomic E-state index is 13.6. The molecule has 1 fully saturated rings. The molecule has 0 atom stereocenters. The second kappa shape index (κ2) is 8.91. The van der Waals surface area contributed by atoms with Crippen LogP contribution in [0.25, 0.3) is 27.8 Å². The Morgan fingerprint density at radius 2 is 1.78 bits per heavy atom. The average molecular weight is 510 g/mol. The average Bonchev–Trinajstić information content (AvgIpc) is 3.42. The summed E-state index contributed by atoms with van der Waals surface area (Å²) in [6.45, 7) is 12.0. The molecule has 0 unspecified atom stereocenters. The Balaban J connectivity index is 1.62. The van der Waals surface area contributed by atoms with Crippen LogP contribution < -0.4 is 5.73 Å². The van der Waals surface area contributed by atoms with Gasteiger partial charge in [-0.15, -0.1) is 0 Å². The van der Waals surface area contributed by atoms with E-state index in [4.69, 9.17) is 10.8 Å². The van der Waals surface area contributed by atoms with Crippen LogP contribution in [0.2, 0.25) is 0 Å². The van der Waals surface area contributed by atoms with Crippen molar-refractivity contribution in [2.24, 2.45) is 5.73 Å². The third kappa shape index (κ3) is 4.48. The molecule has 0 aliphatic carbocycles. The molecule has 0 saturated carbocycles. The van der Waals surface area contributed by atoms with Crippen molar-refractivity contribution < 1.29 is 17.6 Å². The summed E-state index contributed by atoms with van der Waals surface area (Å²) in [5.41, 5.74) is 8.84. The zero-order chi connectivity index (χ0) is 26.5. The molecule has 5 rings (SSSR count). The molecule has 1 aliphatic heterocycles. The number of aromatic nitrogens is 5. The zero-order valence-corrected chi connectivity index (χ0v) is 19.7. The van der Waals surface area contributed by atoms with E-state index in [9.17, 15) is 17.6 Å². The van der Waals surface area contributed by atoms with Crippen molar-refractivity contribution in [3.8, 4) is 16.8 Å². The Labute approximate surface area is 209 Å². The molecule has 37 heavy (non-hydrogen) atoms. The summed E-state index contributed by atoms with van der Waals surface area (Å²) in [5, 5.41) is 9.88. The van der Waals surface area contributed by atoms with E-state index >= 15 is 0 Å². The van der Waals surface area contributed by atoms with Crippen LogP contribution in [0.1, 0.15) is 17.2 Å². The number of alkyl halides is 3. The van der Waals surface area contributed by atoms with Gasteiger partial charge in [-0.3, -0.25) is 4.68 Å². The van der Waals surface area contributed by atoms with Crippen molar-refractivity contribution in [1.82, 2.24) is 29.4 Å². The minimum atomic E-state index is -4.45. The molecule has 7 nitrogen and oxygen atoms in total. The van der Waals surface area contributed by atoms with Gasteiger partial charge in [-0.1, -0.05) is 19.7 Å². The Morgan fingerprint density at radius 1 is 1.08 bits per heavy atom. The number of hydrogen-bond donors (Lipinski definition) is 1. The first kappa shape index (κ1) is 24.3. The molecule has 2 N–H and O–H groups in total. The topological polar surface area (TPSA) is 77.8 Å². The molecule has 4 heterocycles. The van der Waals surface area contributed by atoms with Crippen LogP contribution in [0.3, 0.4) is 0 Å².